The average molecular weight is 206 g/mol. The zero-order valence-corrected chi connectivity index (χ0v) is 8.25. The maximum absolute atomic E-state index is 8.72. The molecule has 2 aromatic heterocycles. The van der Waals surface area contributed by atoms with Crippen LogP contribution in [-0.2, 0) is 0 Å². The first kappa shape index (κ1) is 9.82. The standard InChI is InChI=1S/C12H6N4/c13-6-9-4-5-11(15-8-9)12-3-1-2-10(7-14)16-12/h1-5,8H. The van der Waals surface area contributed by atoms with E-state index in [-0.39, 0.29) is 0 Å². The molecule has 2 heterocycles. The summed E-state index contributed by atoms with van der Waals surface area (Å²) in [4.78, 5) is 8.21. The highest BCUT2D eigenvalue weighted by molar-refractivity contribution is 5.55. The second kappa shape index (κ2) is 4.20. The first-order valence-corrected chi connectivity index (χ1v) is 4.57. The maximum atomic E-state index is 8.72. The number of nitriles is 2. The molecule has 2 rings (SSSR count). The zero-order valence-electron chi connectivity index (χ0n) is 8.25. The van der Waals surface area contributed by atoms with Gasteiger partial charge in [0.2, 0.25) is 0 Å². The van der Waals surface area contributed by atoms with Crippen LogP contribution in [0, 0.1) is 22.7 Å². The lowest BCUT2D eigenvalue weighted by Crippen LogP contribution is -1.90. The van der Waals surface area contributed by atoms with Crippen molar-refractivity contribution < 1.29 is 0 Å². The van der Waals surface area contributed by atoms with Gasteiger partial charge in [-0.05, 0) is 24.3 Å². The number of hydrogen-bond acceptors (Lipinski definition) is 4. The van der Waals surface area contributed by atoms with Crippen LogP contribution >= 0.6 is 0 Å². The highest BCUT2D eigenvalue weighted by atomic mass is 14.8. The third-order valence-corrected chi connectivity index (χ3v) is 2.02. The Morgan fingerprint density at radius 1 is 0.938 bits per heavy atom. The number of pyridine rings is 2. The Bertz CT molecular complexity index is 588. The molecule has 0 saturated carbocycles. The largest absolute Gasteiger partial charge is 0.253 e. The van der Waals surface area contributed by atoms with E-state index in [2.05, 4.69) is 9.97 Å². The van der Waals surface area contributed by atoms with Gasteiger partial charge in [0.05, 0.1) is 17.0 Å². The number of hydrogen-bond donors (Lipinski definition) is 0. The SMILES string of the molecule is N#Cc1ccc(-c2cccc(C#N)n2)nc1. The van der Waals surface area contributed by atoms with Crippen LogP contribution in [0.4, 0.5) is 0 Å². The first-order valence-electron chi connectivity index (χ1n) is 4.57. The van der Waals surface area contributed by atoms with Crippen molar-refractivity contribution in [3.63, 3.8) is 0 Å². The van der Waals surface area contributed by atoms with Gasteiger partial charge in [-0.15, -0.1) is 0 Å². The quantitative estimate of drug-likeness (QED) is 0.714. The number of rotatable bonds is 1. The van der Waals surface area contributed by atoms with Crippen molar-refractivity contribution in [1.82, 2.24) is 9.97 Å². The second-order valence-corrected chi connectivity index (χ2v) is 3.06. The fourth-order valence-electron chi connectivity index (χ4n) is 1.25. The molecular weight excluding hydrogens is 200 g/mol. The molecule has 0 unspecified atom stereocenters. The fourth-order valence-corrected chi connectivity index (χ4v) is 1.25. The van der Waals surface area contributed by atoms with Crippen molar-refractivity contribution >= 4 is 0 Å². The molecule has 16 heavy (non-hydrogen) atoms. The van der Waals surface area contributed by atoms with Gasteiger partial charge < -0.3 is 0 Å². The highest BCUT2D eigenvalue weighted by Gasteiger charge is 2.02. The molecule has 0 atom stereocenters. The molecule has 0 aliphatic heterocycles. The lowest BCUT2D eigenvalue weighted by Gasteiger charge is -1.99. The molecule has 74 valence electrons. The summed E-state index contributed by atoms with van der Waals surface area (Å²) in [6.45, 7) is 0. The van der Waals surface area contributed by atoms with Gasteiger partial charge in [-0.3, -0.25) is 4.98 Å². The van der Waals surface area contributed by atoms with E-state index in [0.29, 0.717) is 22.6 Å². The van der Waals surface area contributed by atoms with E-state index in [1.54, 1.807) is 30.3 Å². The molecule has 2 aromatic rings. The van der Waals surface area contributed by atoms with E-state index in [1.807, 2.05) is 12.1 Å². The summed E-state index contributed by atoms with van der Waals surface area (Å²) in [5.74, 6) is 0. The van der Waals surface area contributed by atoms with Gasteiger partial charge in [-0.1, -0.05) is 6.07 Å². The second-order valence-electron chi connectivity index (χ2n) is 3.06. The van der Waals surface area contributed by atoms with Crippen LogP contribution in [0.15, 0.2) is 36.5 Å². The molecule has 0 fully saturated rings. The van der Waals surface area contributed by atoms with Crippen LogP contribution in [0.3, 0.4) is 0 Å². The van der Waals surface area contributed by atoms with Crippen LogP contribution in [0.25, 0.3) is 11.4 Å². The summed E-state index contributed by atoms with van der Waals surface area (Å²) in [5.41, 5.74) is 2.13. The highest BCUT2D eigenvalue weighted by Crippen LogP contribution is 2.14. The van der Waals surface area contributed by atoms with E-state index >= 15 is 0 Å². The van der Waals surface area contributed by atoms with Crippen LogP contribution < -0.4 is 0 Å². The molecule has 4 heteroatoms. The van der Waals surface area contributed by atoms with Crippen LogP contribution in [0.1, 0.15) is 11.3 Å². The topological polar surface area (TPSA) is 73.4 Å². The Morgan fingerprint density at radius 2 is 1.81 bits per heavy atom. The van der Waals surface area contributed by atoms with Gasteiger partial charge >= 0.3 is 0 Å². The molecule has 4 nitrogen and oxygen atoms in total. The van der Waals surface area contributed by atoms with Crippen LogP contribution in [0.2, 0.25) is 0 Å². The average Bonchev–Trinajstić information content (AvgIpc) is 2.39. The van der Waals surface area contributed by atoms with E-state index < -0.39 is 0 Å². The Hall–Kier alpha value is -2.72. The van der Waals surface area contributed by atoms with E-state index in [0.717, 1.165) is 0 Å². The van der Waals surface area contributed by atoms with Crippen LogP contribution in [-0.4, -0.2) is 9.97 Å². The van der Waals surface area contributed by atoms with Crippen molar-refractivity contribution in [2.24, 2.45) is 0 Å². The van der Waals surface area contributed by atoms with Gasteiger partial charge in [-0.2, -0.15) is 10.5 Å². The molecule has 0 aromatic carbocycles. The summed E-state index contributed by atoms with van der Waals surface area (Å²) in [6.07, 6.45) is 1.48. The van der Waals surface area contributed by atoms with Gasteiger partial charge in [0.1, 0.15) is 17.8 Å². The predicted octanol–water partition coefficient (Wildman–Crippen LogP) is 1.89. The Labute approximate surface area is 92.4 Å². The van der Waals surface area contributed by atoms with Gasteiger partial charge in [0.25, 0.3) is 0 Å². The van der Waals surface area contributed by atoms with Crippen molar-refractivity contribution in [3.05, 3.63) is 47.8 Å². The Balaban J connectivity index is 2.44. The van der Waals surface area contributed by atoms with Gasteiger partial charge in [0.15, 0.2) is 0 Å². The van der Waals surface area contributed by atoms with Crippen molar-refractivity contribution in [1.29, 1.82) is 10.5 Å². The molecule has 0 aliphatic rings. The molecular formula is C12H6N4. The van der Waals surface area contributed by atoms with Gasteiger partial charge in [-0.25, -0.2) is 4.98 Å². The molecule has 0 spiro atoms. The minimum atomic E-state index is 0.351. The summed E-state index contributed by atoms with van der Waals surface area (Å²) < 4.78 is 0. The number of nitrogens with zero attached hydrogens (tertiary/aromatic N) is 4. The van der Waals surface area contributed by atoms with E-state index in [1.165, 1.54) is 6.20 Å². The zero-order chi connectivity index (χ0) is 11.4. The lowest BCUT2D eigenvalue weighted by atomic mass is 10.2. The fraction of sp³-hybridized carbons (Fsp3) is 0. The van der Waals surface area contributed by atoms with E-state index in [4.69, 9.17) is 10.5 Å². The minimum absolute atomic E-state index is 0.351. The monoisotopic (exact) mass is 206 g/mol. The number of aromatic nitrogens is 2. The van der Waals surface area contributed by atoms with Crippen molar-refractivity contribution in [2.75, 3.05) is 0 Å². The molecule has 0 saturated heterocycles. The smallest absolute Gasteiger partial charge is 0.141 e. The summed E-state index contributed by atoms with van der Waals surface area (Å²) >= 11 is 0. The normalized spacial score (nSPS) is 9.12. The minimum Gasteiger partial charge on any atom is -0.253 e. The van der Waals surface area contributed by atoms with Crippen LogP contribution in [0.5, 0.6) is 0 Å². The Morgan fingerprint density at radius 3 is 2.44 bits per heavy atom. The maximum Gasteiger partial charge on any atom is 0.141 e. The molecule has 0 amide bonds. The molecule has 0 aliphatic carbocycles. The van der Waals surface area contributed by atoms with Crippen molar-refractivity contribution in [2.45, 2.75) is 0 Å². The summed E-state index contributed by atoms with van der Waals surface area (Å²) in [6, 6.07) is 12.5. The Kier molecular flexibility index (Phi) is 2.58. The third-order valence-electron chi connectivity index (χ3n) is 2.02. The molecule has 0 N–H and O–H groups in total. The van der Waals surface area contributed by atoms with Crippen molar-refractivity contribution in [3.8, 4) is 23.5 Å². The lowest BCUT2D eigenvalue weighted by molar-refractivity contribution is 1.21. The molecule has 0 bridgehead atoms. The van der Waals surface area contributed by atoms with E-state index in [9.17, 15) is 0 Å². The predicted molar refractivity (Wildman–Crippen MR) is 56.9 cm³/mol. The third kappa shape index (κ3) is 1.87. The van der Waals surface area contributed by atoms with Gasteiger partial charge in [0, 0.05) is 6.20 Å². The summed E-state index contributed by atoms with van der Waals surface area (Å²) in [7, 11) is 0. The first-order chi connectivity index (χ1) is 7.83. The molecule has 0 radical (unpaired) electrons. The summed E-state index contributed by atoms with van der Waals surface area (Å²) in [5, 5.41) is 17.3.